The van der Waals surface area contributed by atoms with Crippen LogP contribution in [0.15, 0.2) is 97.1 Å². The second-order valence-corrected chi connectivity index (χ2v) is 13.5. The van der Waals surface area contributed by atoms with Crippen molar-refractivity contribution in [3.8, 4) is 17.2 Å². The number of carbonyl (C=O) groups excluding carboxylic acids is 3. The molecule has 3 aliphatic rings. The van der Waals surface area contributed by atoms with Gasteiger partial charge in [0.1, 0.15) is 11.8 Å². The van der Waals surface area contributed by atoms with E-state index >= 15 is 9.59 Å². The lowest BCUT2D eigenvalue weighted by Crippen LogP contribution is -2.71. The van der Waals surface area contributed by atoms with Crippen LogP contribution in [0.25, 0.3) is 0 Å². The fourth-order valence-electron chi connectivity index (χ4n) is 7.10. The van der Waals surface area contributed by atoms with Crippen LogP contribution in [0.1, 0.15) is 47.8 Å². The number of carbonyl (C=O) groups is 3. The van der Waals surface area contributed by atoms with Crippen LogP contribution in [0.2, 0.25) is 0 Å². The number of para-hydroxylation sites is 1. The number of benzene rings is 4. The number of nitrogens with one attached hydrogen (secondary N) is 2. The van der Waals surface area contributed by atoms with Gasteiger partial charge < -0.3 is 24.6 Å². The maximum Gasteiger partial charge on any atom is 0.265 e. The van der Waals surface area contributed by atoms with E-state index in [9.17, 15) is 9.90 Å². The lowest BCUT2D eigenvalue weighted by Gasteiger charge is -2.49. The molecule has 1 fully saturated rings. The summed E-state index contributed by atoms with van der Waals surface area (Å²) in [5, 5.41) is 19.6. The van der Waals surface area contributed by atoms with Gasteiger partial charge in [-0.2, -0.15) is 0 Å². The first-order valence-electron chi connectivity index (χ1n) is 15.9. The van der Waals surface area contributed by atoms with Crippen molar-refractivity contribution in [3.63, 3.8) is 0 Å². The van der Waals surface area contributed by atoms with Crippen molar-refractivity contribution in [1.82, 2.24) is 10.6 Å². The molecule has 0 saturated carbocycles. The first kappa shape index (κ1) is 31.4. The van der Waals surface area contributed by atoms with Gasteiger partial charge in [-0.15, -0.1) is 0 Å². The van der Waals surface area contributed by atoms with Gasteiger partial charge in [-0.05, 0) is 75.2 Å². The number of nitrogens with zero attached hydrogens (tertiary/aromatic N) is 1. The minimum absolute atomic E-state index is 0.109. The number of Topliss-reactive ketones (excluding diaryl/α,β-unsaturated/α-hetero) is 1. The normalized spacial score (nSPS) is 24.4. The molecule has 0 aromatic heterocycles. The Morgan fingerprint density at radius 2 is 1.56 bits per heavy atom. The van der Waals surface area contributed by atoms with Gasteiger partial charge in [0, 0.05) is 17.8 Å². The third-order valence-electron chi connectivity index (χ3n) is 9.13. The Kier molecular flexibility index (Phi) is 7.53. The van der Waals surface area contributed by atoms with Crippen LogP contribution in [-0.4, -0.2) is 47.3 Å². The molecule has 10 heteroatoms. The molecule has 3 aliphatic heterocycles. The van der Waals surface area contributed by atoms with Crippen LogP contribution in [0.3, 0.4) is 0 Å². The zero-order valence-electron chi connectivity index (χ0n) is 27.2. The van der Waals surface area contributed by atoms with Gasteiger partial charge >= 0.3 is 0 Å². The number of hydrogen-bond donors (Lipinski definition) is 3. The topological polar surface area (TPSA) is 126 Å². The van der Waals surface area contributed by atoms with Crippen molar-refractivity contribution in [2.24, 2.45) is 5.41 Å². The Morgan fingerprint density at radius 3 is 2.27 bits per heavy atom. The standard InChI is InChI=1S/C38H37N3O7/c1-23-15-17-28-27(19-23)32(42)37(34(48-28)39-21-24-16-18-29-30(20-24)47-22-46-29)31(33(43)40-36(2,3)4)41(26-13-9-6-10-14-26)35(44)38(37,45)25-11-7-5-8-12-25/h5-20,31,34,39,45H,21-22H2,1-4H3,(H,40,43)/t31-,34+,37+,38-/m1/s1. The van der Waals surface area contributed by atoms with E-state index in [4.69, 9.17) is 14.2 Å². The molecular weight excluding hydrogens is 610 g/mol. The van der Waals surface area contributed by atoms with Gasteiger partial charge in [-0.3, -0.25) is 24.6 Å². The van der Waals surface area contributed by atoms with E-state index in [1.165, 1.54) is 4.90 Å². The lowest BCUT2D eigenvalue weighted by molar-refractivity contribution is -0.156. The highest BCUT2D eigenvalue weighted by Gasteiger charge is 2.79. The Morgan fingerprint density at radius 1 is 0.896 bits per heavy atom. The molecule has 4 aromatic carbocycles. The molecule has 0 unspecified atom stereocenters. The first-order chi connectivity index (χ1) is 22.9. The van der Waals surface area contributed by atoms with E-state index < -0.39 is 46.4 Å². The smallest absolute Gasteiger partial charge is 0.265 e. The van der Waals surface area contributed by atoms with Crippen LogP contribution in [0, 0.1) is 12.3 Å². The minimum atomic E-state index is -2.56. The third-order valence-corrected chi connectivity index (χ3v) is 9.13. The van der Waals surface area contributed by atoms with Gasteiger partial charge in [0.05, 0.1) is 5.56 Å². The van der Waals surface area contributed by atoms with Crippen molar-refractivity contribution in [2.45, 2.75) is 57.6 Å². The Bertz CT molecular complexity index is 1910. The van der Waals surface area contributed by atoms with Gasteiger partial charge in [-0.1, -0.05) is 66.2 Å². The summed E-state index contributed by atoms with van der Waals surface area (Å²) in [6.45, 7) is 7.54. The summed E-state index contributed by atoms with van der Waals surface area (Å²) in [5.41, 5.74) is -3.33. The van der Waals surface area contributed by atoms with Crippen molar-refractivity contribution >= 4 is 23.3 Å². The van der Waals surface area contributed by atoms with Crippen molar-refractivity contribution < 1.29 is 33.7 Å². The number of ether oxygens (including phenoxy) is 3. The second-order valence-electron chi connectivity index (χ2n) is 13.5. The molecule has 3 heterocycles. The number of ketones is 1. The summed E-state index contributed by atoms with van der Waals surface area (Å²) in [5.74, 6) is -0.578. The van der Waals surface area contributed by atoms with E-state index in [1.807, 2.05) is 45.9 Å². The van der Waals surface area contributed by atoms with Crippen molar-refractivity contribution in [3.05, 3.63) is 119 Å². The minimum Gasteiger partial charge on any atom is -0.473 e. The summed E-state index contributed by atoms with van der Waals surface area (Å²) >= 11 is 0. The first-order valence-corrected chi connectivity index (χ1v) is 15.9. The molecule has 1 spiro atoms. The van der Waals surface area contributed by atoms with Crippen LogP contribution in [0.4, 0.5) is 5.69 Å². The van der Waals surface area contributed by atoms with E-state index in [0.717, 1.165) is 11.1 Å². The summed E-state index contributed by atoms with van der Waals surface area (Å²) < 4.78 is 17.7. The molecule has 10 nitrogen and oxygen atoms in total. The molecule has 4 aromatic rings. The molecule has 3 N–H and O–H groups in total. The van der Waals surface area contributed by atoms with Crippen molar-refractivity contribution in [1.29, 1.82) is 0 Å². The highest BCUT2D eigenvalue weighted by Crippen LogP contribution is 2.59. The molecule has 1 saturated heterocycles. The Hall–Kier alpha value is -5.19. The lowest BCUT2D eigenvalue weighted by atomic mass is 9.60. The SMILES string of the molecule is Cc1ccc2c(c1)C(=O)[C@]1([C@@H](NCc3ccc4c(c3)OCO4)O2)[C@@H](C(=O)NC(C)(C)C)N(c2ccccc2)C(=O)[C@]1(O)c1ccccc1. The average Bonchev–Trinajstić information content (AvgIpc) is 3.62. The fraction of sp³-hybridized carbons (Fsp3) is 0.289. The number of aryl methyl sites for hydroxylation is 1. The maximum absolute atomic E-state index is 15.5. The van der Waals surface area contributed by atoms with Gasteiger partial charge in [-0.25, -0.2) is 0 Å². The molecule has 4 atom stereocenters. The molecule has 0 bridgehead atoms. The molecule has 0 aliphatic carbocycles. The van der Waals surface area contributed by atoms with E-state index in [-0.39, 0.29) is 30.2 Å². The molecule has 48 heavy (non-hydrogen) atoms. The molecular formula is C38H37N3O7. The molecule has 246 valence electrons. The van der Waals surface area contributed by atoms with Crippen LogP contribution in [0.5, 0.6) is 17.2 Å². The summed E-state index contributed by atoms with van der Waals surface area (Å²) in [6.07, 6.45) is -1.37. The van der Waals surface area contributed by atoms with Gasteiger partial charge in [0.25, 0.3) is 5.91 Å². The number of anilines is 1. The summed E-state index contributed by atoms with van der Waals surface area (Å²) in [7, 11) is 0. The number of aliphatic hydroxyl groups is 1. The molecule has 0 radical (unpaired) electrons. The van der Waals surface area contributed by atoms with E-state index in [2.05, 4.69) is 10.6 Å². The van der Waals surface area contributed by atoms with Crippen LogP contribution < -0.4 is 29.7 Å². The number of rotatable bonds is 6. The third kappa shape index (κ3) is 4.82. The van der Waals surface area contributed by atoms with Gasteiger partial charge in [0.2, 0.25) is 12.7 Å². The average molecular weight is 648 g/mol. The Labute approximate surface area is 278 Å². The van der Waals surface area contributed by atoms with E-state index in [1.54, 1.807) is 78.9 Å². The highest BCUT2D eigenvalue weighted by molar-refractivity contribution is 6.20. The number of hydrogen-bond acceptors (Lipinski definition) is 8. The second kappa shape index (κ2) is 11.5. The monoisotopic (exact) mass is 647 g/mol. The van der Waals surface area contributed by atoms with Crippen molar-refractivity contribution in [2.75, 3.05) is 11.7 Å². The predicted octanol–water partition coefficient (Wildman–Crippen LogP) is 4.62. The highest BCUT2D eigenvalue weighted by atomic mass is 16.7. The summed E-state index contributed by atoms with van der Waals surface area (Å²) in [6, 6.07) is 26.0. The fourth-order valence-corrected chi connectivity index (χ4v) is 7.10. The van der Waals surface area contributed by atoms with Crippen LogP contribution in [-0.2, 0) is 21.7 Å². The molecule has 7 rings (SSSR count). The predicted molar refractivity (Wildman–Crippen MR) is 178 cm³/mol. The zero-order valence-corrected chi connectivity index (χ0v) is 27.2. The Balaban J connectivity index is 1.50. The van der Waals surface area contributed by atoms with E-state index in [0.29, 0.717) is 17.2 Å². The van der Waals surface area contributed by atoms with Crippen LogP contribution >= 0.6 is 0 Å². The maximum atomic E-state index is 15.5. The number of amides is 2. The summed E-state index contributed by atoms with van der Waals surface area (Å²) in [4.78, 5) is 46.6. The largest absolute Gasteiger partial charge is 0.473 e. The zero-order chi connectivity index (χ0) is 33.8. The van der Waals surface area contributed by atoms with Gasteiger partial charge in [0.15, 0.2) is 34.5 Å². The number of fused-ring (bicyclic) bond motifs is 2. The molecule has 2 amide bonds. The quantitative estimate of drug-likeness (QED) is 0.277.